The number of aryl methyl sites for hydroxylation is 1. The van der Waals surface area contributed by atoms with Crippen molar-refractivity contribution in [3.8, 4) is 11.3 Å². The van der Waals surface area contributed by atoms with Crippen LogP contribution < -0.4 is 10.6 Å². The molecule has 3 aromatic rings. The Morgan fingerprint density at radius 2 is 1.81 bits per heavy atom. The summed E-state index contributed by atoms with van der Waals surface area (Å²) in [5.41, 5.74) is 3.37. The number of hydrogen-bond donors (Lipinski definition) is 3. The molecule has 0 saturated heterocycles. The maximum atomic E-state index is 11.6. The lowest BCUT2D eigenvalue weighted by Gasteiger charge is -2.11. The van der Waals surface area contributed by atoms with E-state index >= 15 is 0 Å². The maximum absolute atomic E-state index is 11.6. The number of aliphatic hydroxyl groups is 1. The van der Waals surface area contributed by atoms with Crippen LogP contribution in [0.1, 0.15) is 37.6 Å². The number of aliphatic hydroxyl groups excluding tert-OH is 1. The minimum absolute atomic E-state index is 0.287. The predicted molar refractivity (Wildman–Crippen MR) is 105 cm³/mol. The van der Waals surface area contributed by atoms with E-state index in [-0.39, 0.29) is 6.03 Å². The Morgan fingerprint density at radius 3 is 2.52 bits per heavy atom. The van der Waals surface area contributed by atoms with Gasteiger partial charge in [0.1, 0.15) is 5.82 Å². The molecule has 0 unspecified atom stereocenters. The number of rotatable bonds is 5. The second kappa shape index (κ2) is 8.09. The Bertz CT molecular complexity index is 974. The SMILES string of the molecule is CCNC(=O)Nc1cc2cnc(-c3cnc([C@H](O)CC)cc3C)cc2cn1. The summed E-state index contributed by atoms with van der Waals surface area (Å²) in [5.74, 6) is 0.471. The largest absolute Gasteiger partial charge is 0.387 e. The Labute approximate surface area is 157 Å². The minimum atomic E-state index is -0.553. The van der Waals surface area contributed by atoms with Gasteiger partial charge in [-0.05, 0) is 44.0 Å². The third kappa shape index (κ3) is 4.20. The van der Waals surface area contributed by atoms with Gasteiger partial charge < -0.3 is 10.4 Å². The molecule has 2 amide bonds. The third-order valence-electron chi connectivity index (χ3n) is 4.32. The van der Waals surface area contributed by atoms with Crippen LogP contribution in [-0.2, 0) is 0 Å². The molecule has 0 saturated carbocycles. The molecule has 0 aromatic carbocycles. The van der Waals surface area contributed by atoms with Crippen LogP contribution in [0.3, 0.4) is 0 Å². The van der Waals surface area contributed by atoms with Crippen LogP contribution >= 0.6 is 0 Å². The van der Waals surface area contributed by atoms with Gasteiger partial charge in [-0.25, -0.2) is 9.78 Å². The maximum Gasteiger partial charge on any atom is 0.320 e. The Morgan fingerprint density at radius 1 is 1.07 bits per heavy atom. The molecular formula is C20H23N5O2. The lowest BCUT2D eigenvalue weighted by molar-refractivity contribution is 0.169. The van der Waals surface area contributed by atoms with Crippen molar-refractivity contribution >= 4 is 22.6 Å². The molecule has 3 aromatic heterocycles. The smallest absolute Gasteiger partial charge is 0.320 e. The van der Waals surface area contributed by atoms with Gasteiger partial charge in [0.05, 0.1) is 17.5 Å². The molecule has 3 heterocycles. The van der Waals surface area contributed by atoms with Crippen LogP contribution in [0.2, 0.25) is 0 Å². The molecule has 0 aliphatic carbocycles. The summed E-state index contributed by atoms with van der Waals surface area (Å²) in [6, 6.07) is 5.34. The molecule has 0 aliphatic rings. The van der Waals surface area contributed by atoms with Crippen LogP contribution in [0.5, 0.6) is 0 Å². The second-order valence-corrected chi connectivity index (χ2v) is 6.32. The van der Waals surface area contributed by atoms with Gasteiger partial charge in [-0.3, -0.25) is 15.3 Å². The first kappa shape index (κ1) is 18.7. The molecule has 0 spiro atoms. The number of urea groups is 1. The topological polar surface area (TPSA) is 100 Å². The normalized spacial score (nSPS) is 12.0. The van der Waals surface area contributed by atoms with Crippen molar-refractivity contribution in [2.24, 2.45) is 0 Å². The molecule has 7 heteroatoms. The average Bonchev–Trinajstić information content (AvgIpc) is 2.67. The lowest BCUT2D eigenvalue weighted by Crippen LogP contribution is -2.28. The highest BCUT2D eigenvalue weighted by molar-refractivity contribution is 5.92. The van der Waals surface area contributed by atoms with Gasteiger partial charge in [0.25, 0.3) is 0 Å². The summed E-state index contributed by atoms with van der Waals surface area (Å²) >= 11 is 0. The molecule has 3 N–H and O–H groups in total. The Kier molecular flexibility index (Phi) is 5.61. The molecular weight excluding hydrogens is 342 g/mol. The van der Waals surface area contributed by atoms with Gasteiger partial charge in [0.2, 0.25) is 0 Å². The number of nitrogens with one attached hydrogen (secondary N) is 2. The van der Waals surface area contributed by atoms with E-state index in [9.17, 15) is 9.90 Å². The number of pyridine rings is 3. The first-order valence-corrected chi connectivity index (χ1v) is 8.97. The fourth-order valence-corrected chi connectivity index (χ4v) is 2.81. The molecule has 27 heavy (non-hydrogen) atoms. The Hall–Kier alpha value is -3.06. The number of amides is 2. The average molecular weight is 365 g/mol. The monoisotopic (exact) mass is 365 g/mol. The highest BCUT2D eigenvalue weighted by Crippen LogP contribution is 2.27. The number of nitrogens with zero attached hydrogens (tertiary/aromatic N) is 3. The summed E-state index contributed by atoms with van der Waals surface area (Å²) in [4.78, 5) is 24.8. The number of carbonyl (C=O) groups is 1. The number of hydrogen-bond acceptors (Lipinski definition) is 5. The van der Waals surface area contributed by atoms with Crippen molar-refractivity contribution in [2.45, 2.75) is 33.3 Å². The van der Waals surface area contributed by atoms with Crippen LogP contribution in [-0.4, -0.2) is 32.6 Å². The van der Waals surface area contributed by atoms with Gasteiger partial charge >= 0.3 is 6.03 Å². The van der Waals surface area contributed by atoms with E-state index in [0.717, 1.165) is 27.6 Å². The fraction of sp³-hybridized carbons (Fsp3) is 0.300. The van der Waals surface area contributed by atoms with E-state index in [4.69, 9.17) is 0 Å². The van der Waals surface area contributed by atoms with Gasteiger partial charge in [-0.15, -0.1) is 0 Å². The zero-order valence-electron chi connectivity index (χ0n) is 15.7. The van der Waals surface area contributed by atoms with Gasteiger partial charge in [0.15, 0.2) is 0 Å². The van der Waals surface area contributed by atoms with Crippen molar-refractivity contribution in [3.05, 3.63) is 48.0 Å². The van der Waals surface area contributed by atoms with E-state index in [1.54, 1.807) is 24.7 Å². The first-order valence-electron chi connectivity index (χ1n) is 8.97. The number of fused-ring (bicyclic) bond motifs is 1. The third-order valence-corrected chi connectivity index (χ3v) is 4.32. The number of carbonyl (C=O) groups excluding carboxylic acids is 1. The van der Waals surface area contributed by atoms with Crippen molar-refractivity contribution in [1.29, 1.82) is 0 Å². The summed E-state index contributed by atoms with van der Waals surface area (Å²) in [5, 5.41) is 17.1. The molecule has 0 aliphatic heterocycles. The van der Waals surface area contributed by atoms with Crippen LogP contribution in [0, 0.1) is 6.92 Å². The molecule has 0 bridgehead atoms. The van der Waals surface area contributed by atoms with Crippen molar-refractivity contribution in [3.63, 3.8) is 0 Å². The van der Waals surface area contributed by atoms with E-state index in [0.29, 0.717) is 24.5 Å². The molecule has 0 fully saturated rings. The molecule has 0 radical (unpaired) electrons. The number of anilines is 1. The van der Waals surface area contributed by atoms with Crippen LogP contribution in [0.4, 0.5) is 10.6 Å². The predicted octanol–water partition coefficient (Wildman–Crippen LogP) is 3.59. The fourth-order valence-electron chi connectivity index (χ4n) is 2.81. The molecule has 7 nitrogen and oxygen atoms in total. The number of aromatic nitrogens is 3. The lowest BCUT2D eigenvalue weighted by atomic mass is 10.0. The summed E-state index contributed by atoms with van der Waals surface area (Å²) in [6.45, 7) is 6.30. The zero-order chi connectivity index (χ0) is 19.4. The van der Waals surface area contributed by atoms with Gasteiger partial charge in [-0.1, -0.05) is 6.92 Å². The minimum Gasteiger partial charge on any atom is -0.387 e. The van der Waals surface area contributed by atoms with Crippen molar-refractivity contribution in [2.75, 3.05) is 11.9 Å². The molecule has 140 valence electrons. The van der Waals surface area contributed by atoms with Gasteiger partial charge in [-0.2, -0.15) is 0 Å². The van der Waals surface area contributed by atoms with Crippen LogP contribution in [0.15, 0.2) is 36.8 Å². The summed E-state index contributed by atoms with van der Waals surface area (Å²) in [6.07, 6.45) is 5.28. The standard InChI is InChI=1S/C20H23N5O2/c1-4-18(26)17-6-12(3)15(11-23-17)16-7-13-10-24-19(8-14(13)9-22-16)25-20(27)21-5-2/h6-11,18,26H,4-5H2,1-3H3,(H2,21,24,25,27)/t18-/m1/s1. The highest BCUT2D eigenvalue weighted by Gasteiger charge is 2.11. The quantitative estimate of drug-likeness (QED) is 0.642. The first-order chi connectivity index (χ1) is 13.0. The van der Waals surface area contributed by atoms with E-state index in [2.05, 4.69) is 25.6 Å². The summed E-state index contributed by atoms with van der Waals surface area (Å²) in [7, 11) is 0. The van der Waals surface area contributed by atoms with E-state index in [1.807, 2.05) is 32.9 Å². The zero-order valence-corrected chi connectivity index (χ0v) is 15.7. The highest BCUT2D eigenvalue weighted by atomic mass is 16.3. The van der Waals surface area contributed by atoms with Crippen molar-refractivity contribution in [1.82, 2.24) is 20.3 Å². The Balaban J connectivity index is 1.90. The van der Waals surface area contributed by atoms with E-state index in [1.165, 1.54) is 0 Å². The second-order valence-electron chi connectivity index (χ2n) is 6.32. The van der Waals surface area contributed by atoms with Crippen LogP contribution in [0.25, 0.3) is 22.0 Å². The molecule has 3 rings (SSSR count). The summed E-state index contributed by atoms with van der Waals surface area (Å²) < 4.78 is 0. The molecule has 1 atom stereocenters. The van der Waals surface area contributed by atoms with Crippen molar-refractivity contribution < 1.29 is 9.90 Å². The van der Waals surface area contributed by atoms with Gasteiger partial charge in [0, 0.05) is 41.5 Å². The van der Waals surface area contributed by atoms with E-state index < -0.39 is 6.10 Å².